The van der Waals surface area contributed by atoms with Gasteiger partial charge >= 0.3 is 0 Å². The average Bonchev–Trinajstić information content (AvgIpc) is 3.12. The number of phenolic OH excluding ortho intramolecular Hbond substituents is 1. The molecule has 1 fully saturated rings. The highest BCUT2D eigenvalue weighted by molar-refractivity contribution is 5.99. The number of carbonyl (C=O) groups excluding carboxylic acids is 2. The largest absolute Gasteiger partial charge is 0.508 e. The number of likely N-dealkylation sites (N-methyl/N-ethyl adjacent to an activating group) is 1. The van der Waals surface area contributed by atoms with E-state index in [0.29, 0.717) is 22.0 Å². The third-order valence-electron chi connectivity index (χ3n) is 5.52. The zero-order chi connectivity index (χ0) is 22.3. The second-order valence-corrected chi connectivity index (χ2v) is 7.60. The van der Waals surface area contributed by atoms with Crippen molar-refractivity contribution in [1.82, 2.24) is 15.2 Å². The number of piperazine rings is 1. The zero-order valence-electron chi connectivity index (χ0n) is 16.5. The van der Waals surface area contributed by atoms with Crippen LogP contribution < -0.4 is 5.32 Å². The highest BCUT2D eigenvalue weighted by Gasteiger charge is 2.48. The van der Waals surface area contributed by atoms with Gasteiger partial charge in [0.2, 0.25) is 11.6 Å². The minimum absolute atomic E-state index is 0.0251. The molecule has 2 heterocycles. The Labute approximate surface area is 176 Å². The Kier molecular flexibility index (Phi) is 4.86. The molecule has 1 aliphatic rings. The Morgan fingerprint density at radius 3 is 2.68 bits per heavy atom. The van der Waals surface area contributed by atoms with Crippen molar-refractivity contribution in [2.24, 2.45) is 0 Å². The molecule has 0 saturated carbocycles. The van der Waals surface area contributed by atoms with Gasteiger partial charge < -0.3 is 25.4 Å². The van der Waals surface area contributed by atoms with E-state index in [-0.39, 0.29) is 24.3 Å². The number of hydrogen-bond acceptors (Lipinski definition) is 6. The number of aromatic nitrogens is 1. The summed E-state index contributed by atoms with van der Waals surface area (Å²) in [6.07, 6.45) is 1.39. The highest BCUT2D eigenvalue weighted by atomic mass is 16.6. The molecule has 1 saturated heterocycles. The van der Waals surface area contributed by atoms with Crippen LogP contribution in [0.3, 0.4) is 0 Å². The predicted molar refractivity (Wildman–Crippen MR) is 110 cm³/mol. The Balaban J connectivity index is 1.61. The van der Waals surface area contributed by atoms with Crippen molar-refractivity contribution in [3.05, 3.63) is 69.9 Å². The van der Waals surface area contributed by atoms with E-state index in [1.807, 2.05) is 0 Å². The molecular weight excluding hydrogens is 404 g/mol. The Morgan fingerprint density at radius 1 is 1.23 bits per heavy atom. The van der Waals surface area contributed by atoms with E-state index in [2.05, 4.69) is 10.3 Å². The van der Waals surface area contributed by atoms with E-state index >= 15 is 0 Å². The van der Waals surface area contributed by atoms with Crippen molar-refractivity contribution in [2.45, 2.75) is 24.6 Å². The molecule has 3 aromatic rings. The van der Waals surface area contributed by atoms with Crippen LogP contribution in [0.25, 0.3) is 10.9 Å². The molecule has 1 aromatic heterocycles. The minimum Gasteiger partial charge on any atom is -0.508 e. The van der Waals surface area contributed by atoms with Crippen LogP contribution >= 0.6 is 0 Å². The van der Waals surface area contributed by atoms with Crippen molar-refractivity contribution >= 4 is 28.4 Å². The molecule has 31 heavy (non-hydrogen) atoms. The smallest absolute Gasteiger partial charge is 0.279 e. The number of hydrogen-bond donors (Lipinski definition) is 4. The summed E-state index contributed by atoms with van der Waals surface area (Å²) in [5.74, 6) is -1.32. The highest BCUT2D eigenvalue weighted by Crippen LogP contribution is 2.31. The molecule has 2 unspecified atom stereocenters. The molecule has 10 heteroatoms. The topological polar surface area (TPSA) is 149 Å². The first-order valence-electron chi connectivity index (χ1n) is 9.52. The molecule has 0 radical (unpaired) electrons. The Bertz CT molecular complexity index is 1210. The van der Waals surface area contributed by atoms with Gasteiger partial charge in [0.15, 0.2) is 0 Å². The number of carbonyl (C=O) groups is 2. The van der Waals surface area contributed by atoms with Crippen LogP contribution in [-0.4, -0.2) is 55.6 Å². The number of nitro benzene ring substituents is 1. The number of H-pyrrole nitrogens is 1. The Morgan fingerprint density at radius 2 is 1.97 bits per heavy atom. The number of nitro groups is 1. The number of aromatic hydroxyl groups is 1. The van der Waals surface area contributed by atoms with Gasteiger partial charge in [0.1, 0.15) is 11.8 Å². The fourth-order valence-electron chi connectivity index (χ4n) is 4.02. The van der Waals surface area contributed by atoms with E-state index in [1.54, 1.807) is 30.5 Å². The third-order valence-corrected chi connectivity index (χ3v) is 5.52. The van der Waals surface area contributed by atoms with E-state index < -0.39 is 28.5 Å². The summed E-state index contributed by atoms with van der Waals surface area (Å²) in [5.41, 5.74) is -0.729. The van der Waals surface area contributed by atoms with Crippen molar-refractivity contribution in [3.63, 3.8) is 0 Å². The standard InChI is InChI=1S/C21H20N4O6/c1-24-17(9-13-11-22-15-6-3-7-16(18(13)15)25(30)31)19(27)23-21(29,20(24)28)10-12-4-2-5-14(26)8-12/h2-8,11,17,22,26,29H,9-10H2,1H3,(H,23,27). The number of non-ortho nitro benzene ring substituents is 1. The first-order valence-corrected chi connectivity index (χ1v) is 9.52. The monoisotopic (exact) mass is 424 g/mol. The summed E-state index contributed by atoms with van der Waals surface area (Å²) in [5, 5.41) is 34.7. The molecule has 10 nitrogen and oxygen atoms in total. The number of rotatable bonds is 5. The summed E-state index contributed by atoms with van der Waals surface area (Å²) in [4.78, 5) is 40.8. The molecule has 2 aromatic carbocycles. The lowest BCUT2D eigenvalue weighted by Crippen LogP contribution is -2.70. The number of phenols is 1. The van der Waals surface area contributed by atoms with Crippen LogP contribution in [0.5, 0.6) is 5.75 Å². The van der Waals surface area contributed by atoms with Gasteiger partial charge in [0, 0.05) is 32.2 Å². The summed E-state index contributed by atoms with van der Waals surface area (Å²) >= 11 is 0. The maximum atomic E-state index is 12.9. The Hall–Kier alpha value is -3.92. The number of amides is 2. The number of aromatic amines is 1. The molecule has 4 N–H and O–H groups in total. The van der Waals surface area contributed by atoms with Gasteiger partial charge in [-0.1, -0.05) is 18.2 Å². The third kappa shape index (κ3) is 3.57. The minimum atomic E-state index is -2.16. The van der Waals surface area contributed by atoms with E-state index in [4.69, 9.17) is 0 Å². The fourth-order valence-corrected chi connectivity index (χ4v) is 4.02. The molecular formula is C21H20N4O6. The lowest BCUT2D eigenvalue weighted by atomic mass is 9.94. The van der Waals surface area contributed by atoms with E-state index in [1.165, 1.54) is 25.2 Å². The number of benzene rings is 2. The van der Waals surface area contributed by atoms with Gasteiger partial charge in [0.25, 0.3) is 11.6 Å². The summed E-state index contributed by atoms with van der Waals surface area (Å²) in [6.45, 7) is 0. The average molecular weight is 424 g/mol. The summed E-state index contributed by atoms with van der Waals surface area (Å²) in [7, 11) is 1.41. The van der Waals surface area contributed by atoms with Crippen LogP contribution in [0.15, 0.2) is 48.7 Å². The van der Waals surface area contributed by atoms with Crippen LogP contribution in [0.1, 0.15) is 11.1 Å². The van der Waals surface area contributed by atoms with Crippen LogP contribution in [0, 0.1) is 10.1 Å². The van der Waals surface area contributed by atoms with Crippen molar-refractivity contribution in [3.8, 4) is 5.75 Å². The van der Waals surface area contributed by atoms with Crippen molar-refractivity contribution in [2.75, 3.05) is 7.05 Å². The molecule has 4 rings (SSSR count). The first-order chi connectivity index (χ1) is 14.7. The fraction of sp³-hybridized carbons (Fsp3) is 0.238. The number of fused-ring (bicyclic) bond motifs is 1. The molecule has 2 atom stereocenters. The molecule has 160 valence electrons. The molecule has 2 amide bonds. The molecule has 1 aliphatic heterocycles. The second kappa shape index (κ2) is 7.40. The quantitative estimate of drug-likeness (QED) is 0.357. The predicted octanol–water partition coefficient (Wildman–Crippen LogP) is 1.21. The second-order valence-electron chi connectivity index (χ2n) is 7.60. The maximum absolute atomic E-state index is 12.9. The van der Waals surface area contributed by atoms with Gasteiger partial charge in [-0.25, -0.2) is 0 Å². The summed E-state index contributed by atoms with van der Waals surface area (Å²) in [6, 6.07) is 9.71. The van der Waals surface area contributed by atoms with E-state index in [9.17, 15) is 29.9 Å². The summed E-state index contributed by atoms with van der Waals surface area (Å²) < 4.78 is 0. The SMILES string of the molecule is CN1C(=O)C(O)(Cc2cccc(O)c2)NC(=O)C1Cc1c[nH]c2cccc([N+](=O)[O-])c12. The van der Waals surface area contributed by atoms with Crippen LogP contribution in [0.4, 0.5) is 5.69 Å². The number of aliphatic hydroxyl groups is 1. The van der Waals surface area contributed by atoms with Gasteiger partial charge in [0.05, 0.1) is 15.8 Å². The van der Waals surface area contributed by atoms with Gasteiger partial charge in [-0.3, -0.25) is 19.7 Å². The van der Waals surface area contributed by atoms with Crippen molar-refractivity contribution < 1.29 is 24.7 Å². The zero-order valence-corrected chi connectivity index (χ0v) is 16.5. The lowest BCUT2D eigenvalue weighted by Gasteiger charge is -2.41. The normalized spacial score (nSPS) is 21.4. The molecule has 0 spiro atoms. The van der Waals surface area contributed by atoms with Crippen LogP contribution in [0.2, 0.25) is 0 Å². The molecule has 0 bridgehead atoms. The van der Waals surface area contributed by atoms with Crippen molar-refractivity contribution in [1.29, 1.82) is 0 Å². The van der Waals surface area contributed by atoms with Gasteiger partial charge in [-0.05, 0) is 29.3 Å². The molecule has 0 aliphatic carbocycles. The van der Waals surface area contributed by atoms with E-state index in [0.717, 1.165) is 4.90 Å². The number of nitrogens with one attached hydrogen (secondary N) is 2. The van der Waals surface area contributed by atoms with Crippen LogP contribution in [-0.2, 0) is 22.4 Å². The number of nitrogens with zero attached hydrogens (tertiary/aromatic N) is 2. The van der Waals surface area contributed by atoms with Gasteiger partial charge in [-0.2, -0.15) is 0 Å². The first kappa shape index (κ1) is 20.4. The van der Waals surface area contributed by atoms with Gasteiger partial charge in [-0.15, -0.1) is 0 Å². The maximum Gasteiger partial charge on any atom is 0.279 e. The lowest BCUT2D eigenvalue weighted by molar-refractivity contribution is -0.383.